The largest absolute Gasteiger partial charge is 3.00 e. The zero-order valence-electron chi connectivity index (χ0n) is 33.6. The summed E-state index contributed by atoms with van der Waals surface area (Å²) in [4.78, 5) is 8.06. The van der Waals surface area contributed by atoms with E-state index in [1.807, 2.05) is 164 Å². The molecule has 0 bridgehead atoms. The van der Waals surface area contributed by atoms with Crippen LogP contribution < -0.4 is 15.3 Å². The minimum Gasteiger partial charge on any atom is -0.872 e. The molecule has 2 heterocycles. The van der Waals surface area contributed by atoms with Crippen LogP contribution in [0, 0.1) is 0 Å². The minimum absolute atomic E-state index is 0. The fourth-order valence-electron chi connectivity index (χ4n) is 6.01. The SMILES string of the molecule is Oc1cccc2cccnc12.Oc1cccc2cccnc12.[Al+3].[O-]c1ccc(-c2ccccc2)cc1.[O-]c1ccc(-c2ccccc2)cc1.[O-]c1ccc(-c2ccccc2)cc1. The molecule has 0 aliphatic rings. The smallest absolute Gasteiger partial charge is 0.872 e. The topological polar surface area (TPSA) is 135 Å². The molecular formula is C54H41AlN2O5. The normalized spacial score (nSPS) is 9.81. The predicted molar refractivity (Wildman–Crippen MR) is 247 cm³/mol. The number of hydrogen-bond donors (Lipinski definition) is 2. The molecule has 8 aromatic carbocycles. The van der Waals surface area contributed by atoms with E-state index in [-0.39, 0.29) is 46.1 Å². The van der Waals surface area contributed by atoms with E-state index >= 15 is 0 Å². The third-order valence-electron chi connectivity index (χ3n) is 9.11. The Morgan fingerprint density at radius 2 is 0.532 bits per heavy atom. The molecule has 300 valence electrons. The molecule has 0 radical (unpaired) electrons. The van der Waals surface area contributed by atoms with E-state index in [2.05, 4.69) is 9.97 Å². The number of benzene rings is 8. The Morgan fingerprint density at radius 1 is 0.274 bits per heavy atom. The summed E-state index contributed by atoms with van der Waals surface area (Å²) < 4.78 is 0. The average Bonchev–Trinajstić information content (AvgIpc) is 3.32. The molecule has 0 saturated heterocycles. The summed E-state index contributed by atoms with van der Waals surface area (Å²) in [7, 11) is 0. The second-order valence-electron chi connectivity index (χ2n) is 13.4. The van der Waals surface area contributed by atoms with E-state index in [0.29, 0.717) is 11.0 Å². The molecule has 0 fully saturated rings. The monoisotopic (exact) mass is 824 g/mol. The van der Waals surface area contributed by atoms with Crippen molar-refractivity contribution >= 4 is 39.2 Å². The number of phenolic OH excluding ortho intramolecular Hbond substituents is 2. The maximum absolute atomic E-state index is 10.9. The number of nitrogens with zero attached hydrogens (tertiary/aromatic N) is 2. The van der Waals surface area contributed by atoms with Crippen LogP contribution in [0.4, 0.5) is 0 Å². The van der Waals surface area contributed by atoms with Gasteiger partial charge in [0, 0.05) is 23.2 Å². The molecule has 2 aromatic heterocycles. The summed E-state index contributed by atoms with van der Waals surface area (Å²) in [5, 5.41) is 53.1. The van der Waals surface area contributed by atoms with Gasteiger partial charge in [-0.05, 0) is 57.6 Å². The fraction of sp³-hybridized carbons (Fsp3) is 0. The number of aromatic nitrogens is 2. The van der Waals surface area contributed by atoms with Gasteiger partial charge in [-0.3, -0.25) is 9.97 Å². The Hall–Kier alpha value is -7.89. The van der Waals surface area contributed by atoms with Crippen LogP contribution >= 0.6 is 0 Å². The average molecular weight is 825 g/mol. The van der Waals surface area contributed by atoms with Crippen molar-refractivity contribution in [2.75, 3.05) is 0 Å². The molecule has 8 heteroatoms. The molecule has 7 nitrogen and oxygen atoms in total. The summed E-state index contributed by atoms with van der Waals surface area (Å²) >= 11 is 0. The molecule has 0 atom stereocenters. The van der Waals surface area contributed by atoms with Crippen molar-refractivity contribution in [2.24, 2.45) is 0 Å². The van der Waals surface area contributed by atoms with Gasteiger partial charge in [0.05, 0.1) is 0 Å². The summed E-state index contributed by atoms with van der Waals surface area (Å²) in [5.74, 6) is 0.644. The number of fused-ring (bicyclic) bond motifs is 2. The van der Waals surface area contributed by atoms with Gasteiger partial charge in [-0.25, -0.2) is 0 Å². The van der Waals surface area contributed by atoms with Gasteiger partial charge in [0.1, 0.15) is 22.5 Å². The number of hydrogen-bond acceptors (Lipinski definition) is 7. The number of pyridine rings is 2. The quantitative estimate of drug-likeness (QED) is 0.169. The van der Waals surface area contributed by atoms with Crippen LogP contribution in [0.3, 0.4) is 0 Å². The first-order valence-corrected chi connectivity index (χ1v) is 19.4. The Kier molecular flexibility index (Phi) is 17.2. The number of rotatable bonds is 3. The summed E-state index contributed by atoms with van der Waals surface area (Å²) in [6, 6.07) is 68.9. The van der Waals surface area contributed by atoms with Crippen molar-refractivity contribution in [2.45, 2.75) is 0 Å². The van der Waals surface area contributed by atoms with Crippen LogP contribution in [0.1, 0.15) is 0 Å². The standard InChI is InChI=1S/3C12H10O.2C9H7NO.Al/c3*13-12-8-6-11(7-9-12)10-4-2-1-3-5-10;2*11-8-5-1-3-7-4-2-6-10-9(7)8;/h3*1-9,13H;2*1-6,11H;/q;;;;;+3/p-3. The van der Waals surface area contributed by atoms with Gasteiger partial charge in [0.15, 0.2) is 0 Å². The summed E-state index contributed by atoms with van der Waals surface area (Å²) in [6.45, 7) is 0. The molecular weight excluding hydrogens is 784 g/mol. The Balaban J connectivity index is 0.000000146. The first-order valence-electron chi connectivity index (χ1n) is 19.4. The first kappa shape index (κ1) is 45.2. The Labute approximate surface area is 372 Å². The first-order chi connectivity index (χ1) is 29.8. The van der Waals surface area contributed by atoms with Crippen LogP contribution in [0.5, 0.6) is 28.7 Å². The molecule has 10 aromatic rings. The molecule has 0 saturated carbocycles. The van der Waals surface area contributed by atoms with E-state index < -0.39 is 0 Å². The van der Waals surface area contributed by atoms with Crippen molar-refractivity contribution in [1.82, 2.24) is 9.97 Å². The van der Waals surface area contributed by atoms with Crippen LogP contribution in [0.15, 0.2) is 237 Å². The maximum atomic E-state index is 10.9. The predicted octanol–water partition coefficient (Wildman–Crippen LogP) is 10.8. The number of para-hydroxylation sites is 2. The van der Waals surface area contributed by atoms with Crippen LogP contribution in [-0.2, 0) is 0 Å². The summed E-state index contributed by atoms with van der Waals surface area (Å²) in [5.41, 5.74) is 8.00. The molecule has 2 N–H and O–H groups in total. The van der Waals surface area contributed by atoms with Gasteiger partial charge in [-0.15, -0.1) is 17.2 Å². The van der Waals surface area contributed by atoms with E-state index in [1.54, 1.807) is 73.1 Å². The molecule has 0 aliphatic heterocycles. The van der Waals surface area contributed by atoms with E-state index in [4.69, 9.17) is 0 Å². The number of aromatic hydroxyl groups is 2. The van der Waals surface area contributed by atoms with Gasteiger partial charge in [0.2, 0.25) is 0 Å². The zero-order valence-corrected chi connectivity index (χ0v) is 34.8. The van der Waals surface area contributed by atoms with E-state index in [0.717, 1.165) is 44.2 Å². The van der Waals surface area contributed by atoms with Gasteiger partial charge < -0.3 is 25.5 Å². The molecule has 0 spiro atoms. The third-order valence-corrected chi connectivity index (χ3v) is 9.11. The van der Waals surface area contributed by atoms with Crippen LogP contribution in [-0.4, -0.2) is 37.5 Å². The van der Waals surface area contributed by atoms with Gasteiger partial charge in [-0.1, -0.05) is 200 Å². The van der Waals surface area contributed by atoms with Crippen LogP contribution in [0.25, 0.3) is 55.2 Å². The second kappa shape index (κ2) is 23.6. The zero-order chi connectivity index (χ0) is 42.7. The van der Waals surface area contributed by atoms with Gasteiger partial charge >= 0.3 is 17.4 Å². The Morgan fingerprint density at radius 3 is 0.806 bits per heavy atom. The molecule has 0 unspecified atom stereocenters. The molecule has 62 heavy (non-hydrogen) atoms. The van der Waals surface area contributed by atoms with Gasteiger partial charge in [0.25, 0.3) is 0 Å². The van der Waals surface area contributed by atoms with Crippen molar-refractivity contribution in [3.05, 3.63) is 237 Å². The molecule has 0 aliphatic carbocycles. The summed E-state index contributed by atoms with van der Waals surface area (Å²) in [6.07, 6.45) is 3.34. The van der Waals surface area contributed by atoms with E-state index in [1.165, 1.54) is 0 Å². The van der Waals surface area contributed by atoms with Gasteiger partial charge in [-0.2, -0.15) is 0 Å². The second-order valence-corrected chi connectivity index (χ2v) is 13.4. The number of phenols is 2. The third kappa shape index (κ3) is 13.6. The fourth-order valence-corrected chi connectivity index (χ4v) is 6.01. The van der Waals surface area contributed by atoms with E-state index in [9.17, 15) is 25.5 Å². The van der Waals surface area contributed by atoms with Crippen molar-refractivity contribution < 1.29 is 25.5 Å². The Bertz CT molecular complexity index is 2550. The maximum Gasteiger partial charge on any atom is 3.00 e. The molecule has 10 rings (SSSR count). The van der Waals surface area contributed by atoms with Crippen molar-refractivity contribution in [3.8, 4) is 62.1 Å². The van der Waals surface area contributed by atoms with Crippen LogP contribution in [0.2, 0.25) is 0 Å². The minimum atomic E-state index is 0. The van der Waals surface area contributed by atoms with Crippen molar-refractivity contribution in [3.63, 3.8) is 0 Å². The molecule has 0 amide bonds. The van der Waals surface area contributed by atoms with Crippen molar-refractivity contribution in [1.29, 1.82) is 0 Å².